The molecule has 0 radical (unpaired) electrons. The number of carbonyl (C=O) groups is 1. The molecule has 1 aliphatic carbocycles. The van der Waals surface area contributed by atoms with Crippen molar-refractivity contribution in [3.63, 3.8) is 0 Å². The van der Waals surface area contributed by atoms with Crippen LogP contribution >= 0.6 is 0 Å². The van der Waals surface area contributed by atoms with Gasteiger partial charge in [0, 0.05) is 63.5 Å². The van der Waals surface area contributed by atoms with E-state index in [4.69, 9.17) is 19.4 Å². The molecule has 222 valence electrons. The Hall–Kier alpha value is -2.76. The summed E-state index contributed by atoms with van der Waals surface area (Å²) in [6, 6.07) is 4.54. The van der Waals surface area contributed by atoms with Crippen LogP contribution in [0.2, 0.25) is 0 Å². The van der Waals surface area contributed by atoms with Gasteiger partial charge >= 0.3 is 6.18 Å². The predicted molar refractivity (Wildman–Crippen MR) is 147 cm³/mol. The highest BCUT2D eigenvalue weighted by atomic mass is 19.4. The Labute approximate surface area is 238 Å². The molecule has 0 bridgehead atoms. The van der Waals surface area contributed by atoms with Gasteiger partial charge in [0.15, 0.2) is 0 Å². The van der Waals surface area contributed by atoms with E-state index in [-0.39, 0.29) is 24.0 Å². The van der Waals surface area contributed by atoms with Gasteiger partial charge < -0.3 is 24.6 Å². The third-order valence-electron chi connectivity index (χ3n) is 8.97. The first kappa shape index (κ1) is 28.4. The van der Waals surface area contributed by atoms with Crippen LogP contribution in [0.3, 0.4) is 0 Å². The molecule has 1 aromatic carbocycles. The lowest BCUT2D eigenvalue weighted by molar-refractivity contribution is -0.137. The standard InChI is InChI=1S/C30H38F3N5O3/c1-18-26(29(39)37-12-8-23(9-13-37)34-24-10-14-41-17-25(24)40-2)35-27(20-3-4-20)36-28(18)38-11-7-19-5-6-22(30(31,32)33)15-21(19)16-38/h5-6,15,20,23-25,34H,3-4,7-14,16-17H2,1-2H3. The van der Waals surface area contributed by atoms with Crippen LogP contribution < -0.4 is 10.2 Å². The van der Waals surface area contributed by atoms with E-state index in [1.807, 2.05) is 16.7 Å². The minimum absolute atomic E-state index is 0.0353. The fourth-order valence-electron chi connectivity index (χ4n) is 6.31. The summed E-state index contributed by atoms with van der Waals surface area (Å²) in [6.45, 7) is 5.39. The number of fused-ring (bicyclic) bond motifs is 1. The summed E-state index contributed by atoms with van der Waals surface area (Å²) >= 11 is 0. The molecule has 3 fully saturated rings. The maximum Gasteiger partial charge on any atom is 0.416 e. The molecule has 41 heavy (non-hydrogen) atoms. The number of methoxy groups -OCH3 is 1. The van der Waals surface area contributed by atoms with Crippen LogP contribution in [0.15, 0.2) is 18.2 Å². The number of nitrogens with zero attached hydrogens (tertiary/aromatic N) is 4. The Balaban J connectivity index is 1.18. The Morgan fingerprint density at radius 2 is 1.85 bits per heavy atom. The van der Waals surface area contributed by atoms with Gasteiger partial charge in [-0.05, 0) is 68.7 Å². The van der Waals surface area contributed by atoms with Crippen LogP contribution in [0.5, 0.6) is 0 Å². The van der Waals surface area contributed by atoms with Crippen molar-refractivity contribution < 1.29 is 27.4 Å². The van der Waals surface area contributed by atoms with E-state index in [1.54, 1.807) is 13.2 Å². The van der Waals surface area contributed by atoms with Gasteiger partial charge in [-0.25, -0.2) is 9.97 Å². The van der Waals surface area contributed by atoms with Crippen molar-refractivity contribution in [2.24, 2.45) is 0 Å². The fourth-order valence-corrected chi connectivity index (χ4v) is 6.31. The molecule has 1 saturated carbocycles. The van der Waals surface area contributed by atoms with Crippen LogP contribution in [0.1, 0.15) is 76.6 Å². The highest BCUT2D eigenvalue weighted by molar-refractivity contribution is 5.95. The van der Waals surface area contributed by atoms with Crippen LogP contribution in [0.25, 0.3) is 0 Å². The molecule has 2 atom stereocenters. The SMILES string of the molecule is COC1COCCC1NC1CCN(C(=O)c2nc(C3CC3)nc(N3CCc4ccc(C(F)(F)F)cc4C3)c2C)CC1. The van der Waals surface area contributed by atoms with Crippen LogP contribution in [-0.4, -0.2) is 78.9 Å². The van der Waals surface area contributed by atoms with E-state index in [0.29, 0.717) is 73.7 Å². The van der Waals surface area contributed by atoms with Gasteiger partial charge in [0.25, 0.3) is 5.91 Å². The molecule has 1 aromatic heterocycles. The Morgan fingerprint density at radius 3 is 2.56 bits per heavy atom. The summed E-state index contributed by atoms with van der Waals surface area (Å²) in [6.07, 6.45) is 0.833. The van der Waals surface area contributed by atoms with Crippen molar-refractivity contribution in [3.05, 3.63) is 52.0 Å². The van der Waals surface area contributed by atoms with E-state index >= 15 is 0 Å². The first-order chi connectivity index (χ1) is 19.7. The van der Waals surface area contributed by atoms with E-state index in [1.165, 1.54) is 6.07 Å². The predicted octanol–water partition coefficient (Wildman–Crippen LogP) is 4.24. The largest absolute Gasteiger partial charge is 0.416 e. The van der Waals surface area contributed by atoms with Gasteiger partial charge in [-0.1, -0.05) is 6.07 Å². The molecule has 0 spiro atoms. The molecule has 6 rings (SSSR count). The maximum atomic E-state index is 13.8. The first-order valence-corrected chi connectivity index (χ1v) is 14.7. The number of alkyl halides is 3. The van der Waals surface area contributed by atoms with Crippen molar-refractivity contribution in [2.75, 3.05) is 44.9 Å². The lowest BCUT2D eigenvalue weighted by Gasteiger charge is -2.38. The number of hydrogen-bond acceptors (Lipinski definition) is 7. The molecule has 1 N–H and O–H groups in total. The normalized spacial score (nSPS) is 23.9. The molecule has 4 heterocycles. The number of halogens is 3. The first-order valence-electron chi connectivity index (χ1n) is 14.7. The Bertz CT molecular complexity index is 1280. The fraction of sp³-hybridized carbons (Fsp3) is 0.633. The summed E-state index contributed by atoms with van der Waals surface area (Å²) in [7, 11) is 1.71. The second-order valence-electron chi connectivity index (χ2n) is 11.8. The van der Waals surface area contributed by atoms with Gasteiger partial charge in [-0.15, -0.1) is 0 Å². The van der Waals surface area contributed by atoms with Gasteiger partial charge in [0.05, 0.1) is 18.3 Å². The van der Waals surface area contributed by atoms with E-state index in [2.05, 4.69) is 5.32 Å². The monoisotopic (exact) mass is 573 g/mol. The van der Waals surface area contributed by atoms with Crippen molar-refractivity contribution in [1.29, 1.82) is 0 Å². The molecule has 2 unspecified atom stereocenters. The number of carbonyl (C=O) groups excluding carboxylic acids is 1. The van der Waals surface area contributed by atoms with Gasteiger partial charge in [0.2, 0.25) is 0 Å². The molecular formula is C30H38F3N5O3. The second-order valence-corrected chi connectivity index (χ2v) is 11.8. The molecular weight excluding hydrogens is 535 g/mol. The average molecular weight is 574 g/mol. The summed E-state index contributed by atoms with van der Waals surface area (Å²) in [5, 5.41) is 3.73. The van der Waals surface area contributed by atoms with Gasteiger partial charge in [-0.2, -0.15) is 13.2 Å². The van der Waals surface area contributed by atoms with E-state index in [9.17, 15) is 18.0 Å². The van der Waals surface area contributed by atoms with Crippen molar-refractivity contribution in [2.45, 2.75) is 82.3 Å². The zero-order valence-electron chi connectivity index (χ0n) is 23.7. The molecule has 1 amide bonds. The number of likely N-dealkylation sites (tertiary alicyclic amines) is 1. The minimum Gasteiger partial charge on any atom is -0.379 e. The third kappa shape index (κ3) is 6.08. The molecule has 4 aliphatic rings. The lowest BCUT2D eigenvalue weighted by atomic mass is 9.96. The number of nitrogens with one attached hydrogen (secondary N) is 1. The Morgan fingerprint density at radius 1 is 1.07 bits per heavy atom. The number of rotatable bonds is 6. The number of anilines is 1. The number of amides is 1. The molecule has 11 heteroatoms. The highest BCUT2D eigenvalue weighted by Crippen LogP contribution is 2.40. The van der Waals surface area contributed by atoms with Crippen molar-refractivity contribution >= 4 is 11.7 Å². The molecule has 3 aliphatic heterocycles. The zero-order valence-corrected chi connectivity index (χ0v) is 23.7. The summed E-state index contributed by atoms with van der Waals surface area (Å²) in [4.78, 5) is 27.4. The second kappa shape index (κ2) is 11.5. The molecule has 2 saturated heterocycles. The van der Waals surface area contributed by atoms with Crippen molar-refractivity contribution in [3.8, 4) is 0 Å². The van der Waals surface area contributed by atoms with Gasteiger partial charge in [0.1, 0.15) is 17.3 Å². The van der Waals surface area contributed by atoms with Crippen LogP contribution in [0.4, 0.5) is 19.0 Å². The summed E-state index contributed by atoms with van der Waals surface area (Å²) < 4.78 is 51.3. The smallest absolute Gasteiger partial charge is 0.379 e. The minimum atomic E-state index is -4.39. The topological polar surface area (TPSA) is 79.8 Å². The number of piperidine rings is 1. The third-order valence-corrected chi connectivity index (χ3v) is 8.97. The molecule has 8 nitrogen and oxygen atoms in total. The number of aromatic nitrogens is 2. The van der Waals surface area contributed by atoms with E-state index < -0.39 is 11.7 Å². The van der Waals surface area contributed by atoms with Crippen LogP contribution in [0, 0.1) is 6.92 Å². The quantitative estimate of drug-likeness (QED) is 0.554. The Kier molecular flexibility index (Phi) is 7.95. The lowest BCUT2D eigenvalue weighted by Crippen LogP contribution is -2.54. The van der Waals surface area contributed by atoms with Gasteiger partial charge in [-0.3, -0.25) is 4.79 Å². The van der Waals surface area contributed by atoms with Crippen LogP contribution in [-0.2, 0) is 28.6 Å². The average Bonchev–Trinajstić information content (AvgIpc) is 3.82. The summed E-state index contributed by atoms with van der Waals surface area (Å²) in [5.41, 5.74) is 2.05. The zero-order chi connectivity index (χ0) is 28.7. The van der Waals surface area contributed by atoms with Crippen molar-refractivity contribution in [1.82, 2.24) is 20.2 Å². The summed E-state index contributed by atoms with van der Waals surface area (Å²) in [5.74, 6) is 1.47. The maximum absolute atomic E-state index is 13.8. The highest BCUT2D eigenvalue weighted by Gasteiger charge is 2.35. The number of benzene rings is 1. The number of ether oxygens (including phenoxy) is 2. The number of hydrogen-bond donors (Lipinski definition) is 1. The molecule has 2 aromatic rings. The van der Waals surface area contributed by atoms with E-state index in [0.717, 1.165) is 50.3 Å².